The minimum atomic E-state index is -4.16. The summed E-state index contributed by atoms with van der Waals surface area (Å²) >= 11 is 6.00. The molecule has 2 atom stereocenters. The van der Waals surface area contributed by atoms with Gasteiger partial charge in [0.15, 0.2) is 0 Å². The average Bonchev–Trinajstić information content (AvgIpc) is 2.94. The van der Waals surface area contributed by atoms with Gasteiger partial charge in [-0.25, -0.2) is 8.42 Å². The van der Waals surface area contributed by atoms with Crippen molar-refractivity contribution in [2.75, 3.05) is 18.0 Å². The normalized spacial score (nSPS) is 12.8. The van der Waals surface area contributed by atoms with Crippen molar-refractivity contribution in [3.8, 4) is 5.75 Å². The van der Waals surface area contributed by atoms with Crippen LogP contribution >= 0.6 is 11.6 Å². The Hall–Kier alpha value is -3.56. The zero-order chi connectivity index (χ0) is 29.4. The van der Waals surface area contributed by atoms with Crippen LogP contribution in [0.2, 0.25) is 5.02 Å². The lowest BCUT2D eigenvalue weighted by Gasteiger charge is -2.32. The molecule has 0 aliphatic heterocycles. The van der Waals surface area contributed by atoms with Crippen molar-refractivity contribution in [1.82, 2.24) is 10.2 Å². The van der Waals surface area contributed by atoms with Crippen molar-refractivity contribution in [2.45, 2.75) is 57.6 Å². The summed E-state index contributed by atoms with van der Waals surface area (Å²) < 4.78 is 34.1. The van der Waals surface area contributed by atoms with E-state index in [4.69, 9.17) is 16.3 Å². The predicted molar refractivity (Wildman–Crippen MR) is 158 cm³/mol. The second kappa shape index (κ2) is 13.7. The van der Waals surface area contributed by atoms with Crippen LogP contribution in [0.3, 0.4) is 0 Å². The van der Waals surface area contributed by atoms with Crippen LogP contribution in [0.4, 0.5) is 5.69 Å². The van der Waals surface area contributed by atoms with E-state index in [2.05, 4.69) is 5.32 Å². The Labute approximate surface area is 241 Å². The number of carbonyl (C=O) groups excluding carboxylic acids is 2. The zero-order valence-corrected chi connectivity index (χ0v) is 25.0. The Morgan fingerprint density at radius 1 is 1.00 bits per heavy atom. The number of anilines is 1. The number of rotatable bonds is 12. The summed E-state index contributed by atoms with van der Waals surface area (Å²) in [5, 5.41) is 3.31. The fourth-order valence-corrected chi connectivity index (χ4v) is 5.53. The fraction of sp³-hybridized carbons (Fsp3) is 0.333. The van der Waals surface area contributed by atoms with Gasteiger partial charge in [-0.1, -0.05) is 48.4 Å². The molecule has 0 spiro atoms. The van der Waals surface area contributed by atoms with Gasteiger partial charge in [0.2, 0.25) is 11.8 Å². The van der Waals surface area contributed by atoms with Gasteiger partial charge in [0.05, 0.1) is 17.7 Å². The molecule has 2 amide bonds. The molecule has 0 aromatic heterocycles. The van der Waals surface area contributed by atoms with E-state index in [1.54, 1.807) is 56.5 Å². The molecule has 0 bridgehead atoms. The summed E-state index contributed by atoms with van der Waals surface area (Å²) in [6.07, 6.45) is 0.725. The van der Waals surface area contributed by atoms with E-state index in [1.807, 2.05) is 26.8 Å². The van der Waals surface area contributed by atoms with E-state index in [0.29, 0.717) is 16.5 Å². The number of sulfonamides is 1. The summed E-state index contributed by atoms with van der Waals surface area (Å²) in [5.74, 6) is -0.256. The van der Waals surface area contributed by atoms with Crippen LogP contribution in [-0.2, 0) is 26.2 Å². The Kier molecular flexibility index (Phi) is 10.6. The van der Waals surface area contributed by atoms with Gasteiger partial charge >= 0.3 is 0 Å². The van der Waals surface area contributed by atoms with Gasteiger partial charge in [-0.05, 0) is 81.3 Å². The molecule has 0 heterocycles. The van der Waals surface area contributed by atoms with Crippen LogP contribution in [0.5, 0.6) is 5.75 Å². The average molecular weight is 586 g/mol. The lowest BCUT2D eigenvalue weighted by Crippen LogP contribution is -2.52. The molecule has 0 saturated heterocycles. The lowest BCUT2D eigenvalue weighted by atomic mass is 10.1. The SMILES string of the molecule is CC[C@@H](C)NC(=O)[C@@H](C)N(Cc1cccc(OC)c1)C(=O)CN(c1ccc(C)cc1)S(=O)(=O)c1ccc(Cl)cc1. The molecule has 3 aromatic carbocycles. The molecule has 214 valence electrons. The summed E-state index contributed by atoms with van der Waals surface area (Å²) in [6.45, 7) is 6.93. The monoisotopic (exact) mass is 585 g/mol. The van der Waals surface area contributed by atoms with Crippen molar-refractivity contribution < 1.29 is 22.7 Å². The number of carbonyl (C=O) groups is 2. The van der Waals surface area contributed by atoms with E-state index in [1.165, 1.54) is 29.2 Å². The first kappa shape index (κ1) is 31.0. The van der Waals surface area contributed by atoms with Crippen molar-refractivity contribution in [2.24, 2.45) is 0 Å². The molecule has 0 radical (unpaired) electrons. The number of amides is 2. The number of nitrogens with zero attached hydrogens (tertiary/aromatic N) is 2. The van der Waals surface area contributed by atoms with Crippen molar-refractivity contribution in [3.05, 3.63) is 88.9 Å². The zero-order valence-electron chi connectivity index (χ0n) is 23.4. The molecule has 1 N–H and O–H groups in total. The van der Waals surface area contributed by atoms with Crippen molar-refractivity contribution in [1.29, 1.82) is 0 Å². The molecule has 40 heavy (non-hydrogen) atoms. The highest BCUT2D eigenvalue weighted by molar-refractivity contribution is 7.92. The second-order valence-corrected chi connectivity index (χ2v) is 12.0. The maximum atomic E-state index is 14.0. The largest absolute Gasteiger partial charge is 0.497 e. The topological polar surface area (TPSA) is 96.0 Å². The molecule has 0 fully saturated rings. The molecule has 0 aliphatic carbocycles. The molecule has 10 heteroatoms. The molecule has 0 saturated carbocycles. The van der Waals surface area contributed by atoms with E-state index < -0.39 is 28.5 Å². The van der Waals surface area contributed by atoms with Gasteiger partial charge in [0, 0.05) is 17.6 Å². The molecule has 3 rings (SSSR count). The number of ether oxygens (including phenoxy) is 1. The Bertz CT molecular complexity index is 1410. The van der Waals surface area contributed by atoms with Crippen LogP contribution < -0.4 is 14.4 Å². The highest BCUT2D eigenvalue weighted by Gasteiger charge is 2.32. The van der Waals surface area contributed by atoms with Crippen LogP contribution in [0.25, 0.3) is 0 Å². The highest BCUT2D eigenvalue weighted by Crippen LogP contribution is 2.26. The molecule has 0 aliphatic rings. The third-order valence-electron chi connectivity index (χ3n) is 6.66. The van der Waals surface area contributed by atoms with Gasteiger partial charge in [0.1, 0.15) is 18.3 Å². The minimum absolute atomic E-state index is 0.00724. The Morgan fingerprint density at radius 2 is 1.65 bits per heavy atom. The van der Waals surface area contributed by atoms with E-state index in [9.17, 15) is 18.0 Å². The molecular weight excluding hydrogens is 550 g/mol. The fourth-order valence-electron chi connectivity index (χ4n) is 3.99. The van der Waals surface area contributed by atoms with Gasteiger partial charge < -0.3 is 15.0 Å². The Morgan fingerprint density at radius 3 is 2.25 bits per heavy atom. The van der Waals surface area contributed by atoms with Gasteiger partial charge in [-0.15, -0.1) is 0 Å². The number of nitrogens with one attached hydrogen (secondary N) is 1. The summed E-state index contributed by atoms with van der Waals surface area (Å²) in [6, 6.07) is 18.9. The maximum absolute atomic E-state index is 14.0. The molecule has 8 nitrogen and oxygen atoms in total. The summed E-state index contributed by atoms with van der Waals surface area (Å²) in [7, 11) is -2.61. The number of halogens is 1. The summed E-state index contributed by atoms with van der Waals surface area (Å²) in [4.78, 5) is 28.5. The van der Waals surface area contributed by atoms with Crippen LogP contribution in [0.15, 0.2) is 77.7 Å². The first-order valence-corrected chi connectivity index (χ1v) is 14.9. The van der Waals surface area contributed by atoms with Gasteiger partial charge in [0.25, 0.3) is 10.0 Å². The van der Waals surface area contributed by atoms with E-state index >= 15 is 0 Å². The van der Waals surface area contributed by atoms with E-state index in [0.717, 1.165) is 21.9 Å². The van der Waals surface area contributed by atoms with Crippen molar-refractivity contribution >= 4 is 39.1 Å². The third-order valence-corrected chi connectivity index (χ3v) is 8.70. The number of hydrogen-bond acceptors (Lipinski definition) is 5. The van der Waals surface area contributed by atoms with Gasteiger partial charge in [-0.2, -0.15) is 0 Å². The standard InChI is InChI=1S/C30H36ClN3O5S/c1-6-22(3)32-30(36)23(4)33(19-24-8-7-9-27(18-24)39-5)29(35)20-34(26-14-10-21(2)11-15-26)40(37,38)28-16-12-25(31)13-17-28/h7-18,22-23H,6,19-20H2,1-5H3,(H,32,36)/t22-,23-/m1/s1. The second-order valence-electron chi connectivity index (χ2n) is 9.67. The predicted octanol–water partition coefficient (Wildman–Crippen LogP) is 5.18. The highest BCUT2D eigenvalue weighted by atomic mass is 35.5. The first-order chi connectivity index (χ1) is 19.0. The minimum Gasteiger partial charge on any atom is -0.497 e. The smallest absolute Gasteiger partial charge is 0.264 e. The maximum Gasteiger partial charge on any atom is 0.264 e. The number of methoxy groups -OCH3 is 1. The van der Waals surface area contributed by atoms with Crippen LogP contribution in [0.1, 0.15) is 38.3 Å². The first-order valence-electron chi connectivity index (χ1n) is 13.0. The van der Waals surface area contributed by atoms with Gasteiger partial charge in [-0.3, -0.25) is 13.9 Å². The molecule has 3 aromatic rings. The third kappa shape index (κ3) is 7.76. The summed E-state index contributed by atoms with van der Waals surface area (Å²) in [5.41, 5.74) is 2.00. The van der Waals surface area contributed by atoms with Crippen LogP contribution in [0, 0.1) is 6.92 Å². The van der Waals surface area contributed by atoms with E-state index in [-0.39, 0.29) is 23.4 Å². The lowest BCUT2D eigenvalue weighted by molar-refractivity contribution is -0.139. The molecular formula is C30H36ClN3O5S. The Balaban J connectivity index is 2.03. The molecule has 0 unspecified atom stereocenters. The van der Waals surface area contributed by atoms with Crippen LogP contribution in [-0.4, -0.2) is 50.9 Å². The number of aryl methyl sites for hydroxylation is 1. The number of hydrogen-bond donors (Lipinski definition) is 1. The number of benzene rings is 3. The van der Waals surface area contributed by atoms with Crippen molar-refractivity contribution in [3.63, 3.8) is 0 Å². The quantitative estimate of drug-likeness (QED) is 0.316.